The summed E-state index contributed by atoms with van der Waals surface area (Å²) in [6.45, 7) is 1.59. The molecule has 40 heavy (non-hydrogen) atoms. The summed E-state index contributed by atoms with van der Waals surface area (Å²) in [5.74, 6) is 0.857. The van der Waals surface area contributed by atoms with Crippen molar-refractivity contribution in [2.45, 2.75) is 16.2 Å². The minimum atomic E-state index is -3.78. The van der Waals surface area contributed by atoms with E-state index in [0.717, 1.165) is 11.4 Å². The Hall–Kier alpha value is -3.65. The standard InChI is InChI=1S/C27H32N4O7S2/c1-37-22-9-13-23(14-10-22)39(33,34)28-16-15-27(32)29-21-7-11-24(12-8-21)40(35,36)31-19-17-30(18-20-31)25-5-3-4-6-26(25)38-2/h3-14,28H,15-20H2,1-2H3,(H,29,32). The van der Waals surface area contributed by atoms with Crippen LogP contribution in [0.1, 0.15) is 6.42 Å². The molecular formula is C27H32N4O7S2. The quantitative estimate of drug-likeness (QED) is 0.349. The molecule has 0 aromatic heterocycles. The van der Waals surface area contributed by atoms with E-state index in [9.17, 15) is 21.6 Å². The first-order valence-corrected chi connectivity index (χ1v) is 15.5. The summed E-state index contributed by atoms with van der Waals surface area (Å²) in [5, 5.41) is 2.66. The van der Waals surface area contributed by atoms with Crippen LogP contribution in [-0.4, -0.2) is 74.0 Å². The second-order valence-electron chi connectivity index (χ2n) is 8.96. The number of nitrogens with one attached hydrogen (secondary N) is 2. The summed E-state index contributed by atoms with van der Waals surface area (Å²) in [7, 11) is -4.39. The number of carbonyl (C=O) groups excluding carboxylic acids is 1. The molecule has 1 aliphatic rings. The Bertz CT molecular complexity index is 1520. The maximum absolute atomic E-state index is 13.2. The van der Waals surface area contributed by atoms with Gasteiger partial charge in [0.15, 0.2) is 0 Å². The third-order valence-electron chi connectivity index (χ3n) is 6.45. The van der Waals surface area contributed by atoms with Crippen molar-refractivity contribution in [3.63, 3.8) is 0 Å². The summed E-state index contributed by atoms with van der Waals surface area (Å²) in [4.78, 5) is 14.6. The van der Waals surface area contributed by atoms with Gasteiger partial charge in [-0.05, 0) is 60.7 Å². The predicted molar refractivity (Wildman–Crippen MR) is 152 cm³/mol. The highest BCUT2D eigenvalue weighted by atomic mass is 32.2. The van der Waals surface area contributed by atoms with Crippen molar-refractivity contribution in [3.8, 4) is 11.5 Å². The number of para-hydroxylation sites is 2. The van der Waals surface area contributed by atoms with Gasteiger partial charge in [-0.25, -0.2) is 21.6 Å². The van der Waals surface area contributed by atoms with Crippen molar-refractivity contribution in [3.05, 3.63) is 72.8 Å². The number of piperazine rings is 1. The Kier molecular flexibility index (Phi) is 9.30. The van der Waals surface area contributed by atoms with Crippen LogP contribution in [0.2, 0.25) is 0 Å². The summed E-state index contributed by atoms with van der Waals surface area (Å²) in [6, 6.07) is 19.5. The zero-order valence-electron chi connectivity index (χ0n) is 22.2. The molecule has 11 nitrogen and oxygen atoms in total. The van der Waals surface area contributed by atoms with E-state index in [-0.39, 0.29) is 22.8 Å². The first-order valence-electron chi connectivity index (χ1n) is 12.6. The third-order valence-corrected chi connectivity index (χ3v) is 9.84. The fraction of sp³-hybridized carbons (Fsp3) is 0.296. The van der Waals surface area contributed by atoms with Gasteiger partial charge in [-0.2, -0.15) is 4.31 Å². The first-order chi connectivity index (χ1) is 19.1. The topological polar surface area (TPSA) is 134 Å². The van der Waals surface area contributed by atoms with Gasteiger partial charge in [-0.15, -0.1) is 0 Å². The number of rotatable bonds is 11. The van der Waals surface area contributed by atoms with Crippen LogP contribution >= 0.6 is 0 Å². The SMILES string of the molecule is COc1ccc(S(=O)(=O)NCCC(=O)Nc2ccc(S(=O)(=O)N3CCN(c4ccccc4OC)CC3)cc2)cc1. The normalized spacial score (nSPS) is 14.5. The molecule has 1 aliphatic heterocycles. The molecule has 3 aromatic rings. The third kappa shape index (κ3) is 6.91. The van der Waals surface area contributed by atoms with Crippen molar-refractivity contribution in [1.82, 2.24) is 9.03 Å². The van der Waals surface area contributed by atoms with Crippen LogP contribution in [0.3, 0.4) is 0 Å². The van der Waals surface area contributed by atoms with E-state index >= 15 is 0 Å². The number of hydrogen-bond donors (Lipinski definition) is 2. The average molecular weight is 589 g/mol. The summed E-state index contributed by atoms with van der Waals surface area (Å²) in [5.41, 5.74) is 1.33. The molecule has 1 saturated heterocycles. The minimum Gasteiger partial charge on any atom is -0.497 e. The van der Waals surface area contributed by atoms with Gasteiger partial charge in [0, 0.05) is 44.8 Å². The molecule has 1 amide bonds. The van der Waals surface area contributed by atoms with Gasteiger partial charge in [0.2, 0.25) is 26.0 Å². The van der Waals surface area contributed by atoms with Gasteiger partial charge in [0.05, 0.1) is 29.7 Å². The van der Waals surface area contributed by atoms with E-state index in [2.05, 4.69) is 14.9 Å². The number of sulfonamides is 2. The lowest BCUT2D eigenvalue weighted by atomic mass is 10.2. The van der Waals surface area contributed by atoms with Crippen molar-refractivity contribution in [2.24, 2.45) is 0 Å². The van der Waals surface area contributed by atoms with E-state index < -0.39 is 26.0 Å². The maximum Gasteiger partial charge on any atom is 0.243 e. The fourth-order valence-corrected chi connectivity index (χ4v) is 6.73. The van der Waals surface area contributed by atoms with Gasteiger partial charge in [-0.1, -0.05) is 12.1 Å². The second-order valence-corrected chi connectivity index (χ2v) is 12.7. The molecule has 2 N–H and O–H groups in total. The van der Waals surface area contributed by atoms with Gasteiger partial charge >= 0.3 is 0 Å². The number of nitrogens with zero attached hydrogens (tertiary/aromatic N) is 2. The Morgan fingerprint density at radius 1 is 0.800 bits per heavy atom. The molecule has 3 aromatic carbocycles. The molecule has 0 atom stereocenters. The van der Waals surface area contributed by atoms with Gasteiger partial charge in [0.1, 0.15) is 11.5 Å². The lowest BCUT2D eigenvalue weighted by Gasteiger charge is -2.35. The Labute approximate surface area is 234 Å². The highest BCUT2D eigenvalue weighted by Crippen LogP contribution is 2.29. The van der Waals surface area contributed by atoms with E-state index in [1.807, 2.05) is 24.3 Å². The highest BCUT2D eigenvalue weighted by molar-refractivity contribution is 7.89. The first kappa shape index (κ1) is 29.3. The fourth-order valence-electron chi connectivity index (χ4n) is 4.28. The monoisotopic (exact) mass is 588 g/mol. The number of ether oxygens (including phenoxy) is 2. The number of carbonyl (C=O) groups is 1. The summed E-state index contributed by atoms with van der Waals surface area (Å²) >= 11 is 0. The molecule has 4 rings (SSSR count). The van der Waals surface area contributed by atoms with Gasteiger partial charge in [0.25, 0.3) is 0 Å². The number of amides is 1. The second kappa shape index (κ2) is 12.7. The molecule has 1 heterocycles. The molecule has 0 radical (unpaired) electrons. The molecule has 0 spiro atoms. The van der Waals surface area contributed by atoms with Crippen LogP contribution in [0.5, 0.6) is 11.5 Å². The van der Waals surface area contributed by atoms with Crippen molar-refractivity contribution in [2.75, 3.05) is 57.2 Å². The van der Waals surface area contributed by atoms with Gasteiger partial charge in [-0.3, -0.25) is 4.79 Å². The lowest BCUT2D eigenvalue weighted by molar-refractivity contribution is -0.116. The average Bonchev–Trinajstić information content (AvgIpc) is 2.97. The van der Waals surface area contributed by atoms with Crippen LogP contribution in [0.4, 0.5) is 11.4 Å². The molecular weight excluding hydrogens is 556 g/mol. The van der Waals surface area contributed by atoms with E-state index in [0.29, 0.717) is 37.6 Å². The Morgan fingerprint density at radius 3 is 2.05 bits per heavy atom. The van der Waals surface area contributed by atoms with Crippen LogP contribution in [-0.2, 0) is 24.8 Å². The number of benzene rings is 3. The van der Waals surface area contributed by atoms with E-state index in [1.165, 1.54) is 59.9 Å². The van der Waals surface area contributed by atoms with Gasteiger partial charge < -0.3 is 19.7 Å². The predicted octanol–water partition coefficient (Wildman–Crippen LogP) is 2.52. The van der Waals surface area contributed by atoms with E-state index in [4.69, 9.17) is 9.47 Å². The molecule has 0 aliphatic carbocycles. The minimum absolute atomic E-state index is 0.0618. The number of hydrogen-bond acceptors (Lipinski definition) is 8. The lowest BCUT2D eigenvalue weighted by Crippen LogP contribution is -2.48. The number of anilines is 2. The smallest absolute Gasteiger partial charge is 0.243 e. The van der Waals surface area contributed by atoms with Crippen LogP contribution in [0.15, 0.2) is 82.6 Å². The summed E-state index contributed by atoms with van der Waals surface area (Å²) in [6.07, 6.45) is -0.105. The number of methoxy groups -OCH3 is 2. The zero-order valence-corrected chi connectivity index (χ0v) is 23.9. The summed E-state index contributed by atoms with van der Waals surface area (Å²) < 4.78 is 65.5. The van der Waals surface area contributed by atoms with Crippen LogP contribution in [0.25, 0.3) is 0 Å². The highest BCUT2D eigenvalue weighted by Gasteiger charge is 2.29. The molecule has 0 bridgehead atoms. The molecule has 1 fully saturated rings. The zero-order chi connectivity index (χ0) is 28.8. The van der Waals surface area contributed by atoms with Crippen molar-refractivity contribution >= 4 is 37.3 Å². The van der Waals surface area contributed by atoms with Crippen molar-refractivity contribution in [1.29, 1.82) is 0 Å². The molecule has 214 valence electrons. The largest absolute Gasteiger partial charge is 0.497 e. The van der Waals surface area contributed by atoms with Crippen molar-refractivity contribution < 1.29 is 31.1 Å². The van der Waals surface area contributed by atoms with E-state index in [1.54, 1.807) is 7.11 Å². The Balaban J connectivity index is 1.28. The molecule has 13 heteroatoms. The molecule has 0 unspecified atom stereocenters. The van der Waals surface area contributed by atoms with Crippen LogP contribution in [0, 0.1) is 0 Å². The Morgan fingerprint density at radius 2 is 1.43 bits per heavy atom. The maximum atomic E-state index is 13.2. The molecule has 0 saturated carbocycles. The van der Waals surface area contributed by atoms with Crippen LogP contribution < -0.4 is 24.4 Å².